The first-order valence-corrected chi connectivity index (χ1v) is 9.13. The second-order valence-corrected chi connectivity index (χ2v) is 6.63. The minimum atomic E-state index is -4.65. The topological polar surface area (TPSA) is 177 Å². The number of hydrogen-bond donors (Lipinski definition) is 4. The van der Waals surface area contributed by atoms with Crippen molar-refractivity contribution >= 4 is 29.1 Å². The van der Waals surface area contributed by atoms with E-state index in [-0.39, 0.29) is 41.9 Å². The molecule has 0 saturated carbocycles. The fraction of sp³-hybridized carbons (Fsp3) is 0.222. The Morgan fingerprint density at radius 1 is 1.31 bits per heavy atom. The molecule has 0 atom stereocenters. The van der Waals surface area contributed by atoms with E-state index in [1.54, 1.807) is 6.19 Å². The molecular weight excluding hydrogens is 429 g/mol. The molecule has 3 rings (SSSR count). The summed E-state index contributed by atoms with van der Waals surface area (Å²) in [5.74, 6) is -0.943. The predicted molar refractivity (Wildman–Crippen MR) is 108 cm³/mol. The number of halogens is 3. The minimum absolute atomic E-state index is 0.0787. The Hall–Kier alpha value is -4.41. The maximum atomic E-state index is 13.1. The molecule has 0 aliphatic carbocycles. The second-order valence-electron chi connectivity index (χ2n) is 6.63. The molecule has 0 aliphatic rings. The molecule has 11 nitrogen and oxygen atoms in total. The van der Waals surface area contributed by atoms with Crippen LogP contribution in [0.5, 0.6) is 0 Å². The van der Waals surface area contributed by atoms with E-state index in [9.17, 15) is 18.0 Å². The van der Waals surface area contributed by atoms with Crippen molar-refractivity contribution in [2.45, 2.75) is 19.0 Å². The average Bonchev–Trinajstić information content (AvgIpc) is 3.11. The third-order valence-corrected chi connectivity index (χ3v) is 4.33. The zero-order valence-corrected chi connectivity index (χ0v) is 16.5. The van der Waals surface area contributed by atoms with Crippen LogP contribution in [0.3, 0.4) is 0 Å². The number of anilines is 2. The van der Waals surface area contributed by atoms with Crippen LogP contribution in [0.1, 0.15) is 18.4 Å². The molecule has 14 heteroatoms. The highest BCUT2D eigenvalue weighted by Crippen LogP contribution is 2.34. The third kappa shape index (κ3) is 5.01. The molecule has 1 amide bonds. The maximum Gasteiger partial charge on any atom is 0.419 e. The van der Waals surface area contributed by atoms with Gasteiger partial charge in [-0.05, 0) is 29.9 Å². The van der Waals surface area contributed by atoms with Crippen LogP contribution in [0, 0.1) is 11.5 Å². The predicted octanol–water partition coefficient (Wildman–Crippen LogP) is 0.878. The lowest BCUT2D eigenvalue weighted by atomic mass is 10.1. The number of pyridine rings is 1. The van der Waals surface area contributed by atoms with E-state index in [2.05, 4.69) is 20.4 Å². The minimum Gasteiger partial charge on any atom is -0.383 e. The normalized spacial score (nSPS) is 11.2. The number of rotatable bonds is 6. The molecule has 0 aromatic carbocycles. The molecule has 3 aromatic rings. The van der Waals surface area contributed by atoms with Crippen LogP contribution in [0.15, 0.2) is 30.6 Å². The fourth-order valence-corrected chi connectivity index (χ4v) is 2.78. The van der Waals surface area contributed by atoms with E-state index < -0.39 is 17.6 Å². The number of imidazole rings is 1. The summed E-state index contributed by atoms with van der Waals surface area (Å²) in [6.45, 7) is 0.178. The molecule has 0 spiro atoms. The van der Waals surface area contributed by atoms with Crippen LogP contribution < -0.4 is 22.5 Å². The molecule has 0 saturated heterocycles. The molecular formula is C18H18F3N10O+. The number of carbonyl (C=O) groups excluding carboxylic acids is 1. The van der Waals surface area contributed by atoms with Gasteiger partial charge in [-0.15, -0.1) is 0 Å². The summed E-state index contributed by atoms with van der Waals surface area (Å²) in [5, 5.41) is 15.7. The van der Waals surface area contributed by atoms with Crippen molar-refractivity contribution in [3.63, 3.8) is 0 Å². The van der Waals surface area contributed by atoms with Gasteiger partial charge in [-0.25, -0.2) is 14.5 Å². The summed E-state index contributed by atoms with van der Waals surface area (Å²) in [6, 6.07) is 3.88. The summed E-state index contributed by atoms with van der Waals surface area (Å²) in [4.78, 5) is 19.9. The van der Waals surface area contributed by atoms with Crippen molar-refractivity contribution in [3.8, 4) is 17.5 Å². The fourth-order valence-electron chi connectivity index (χ4n) is 2.78. The largest absolute Gasteiger partial charge is 0.419 e. The number of nitrogens with zero attached hydrogens (tertiary/aromatic N) is 6. The van der Waals surface area contributed by atoms with Gasteiger partial charge in [0.2, 0.25) is 5.91 Å². The van der Waals surface area contributed by atoms with Gasteiger partial charge < -0.3 is 22.5 Å². The first kappa shape index (κ1) is 22.3. The molecule has 0 fully saturated rings. The van der Waals surface area contributed by atoms with Crippen molar-refractivity contribution < 1.29 is 22.5 Å². The van der Waals surface area contributed by atoms with Crippen molar-refractivity contribution in [3.05, 3.63) is 36.2 Å². The number of nitrogens with one attached hydrogen (secondary N) is 1. The number of nitriles is 1. The lowest BCUT2D eigenvalue weighted by Gasteiger charge is -2.10. The summed E-state index contributed by atoms with van der Waals surface area (Å²) >= 11 is 0. The number of nitrogens with two attached hydrogens (primary N) is 3. The standard InChI is InChI=1S/C18H17F3N10O/c19-18(20,21)11-6-10(7-26-16(11)23)12-3-4-14-27-13(8-31(14)29-12)28-15(32)2-1-5-30(9-22)17(24)25/h3-4,6-8H,1-2,5H2,(H6,23,24,25,26,28,29,32)/p+1. The smallest absolute Gasteiger partial charge is 0.383 e. The second kappa shape index (κ2) is 8.76. The Balaban J connectivity index is 1.74. The molecule has 32 heavy (non-hydrogen) atoms. The monoisotopic (exact) mass is 447 g/mol. The Morgan fingerprint density at radius 3 is 2.72 bits per heavy atom. The van der Waals surface area contributed by atoms with Crippen molar-refractivity contribution in [1.82, 2.24) is 19.6 Å². The number of amides is 1. The Morgan fingerprint density at radius 2 is 2.06 bits per heavy atom. The Kier molecular flexibility index (Phi) is 6.10. The third-order valence-electron chi connectivity index (χ3n) is 4.33. The van der Waals surface area contributed by atoms with Gasteiger partial charge in [0.25, 0.3) is 0 Å². The van der Waals surface area contributed by atoms with E-state index in [0.717, 1.165) is 10.6 Å². The number of nitrogen functional groups attached to an aromatic ring is 1. The zero-order chi connectivity index (χ0) is 23.5. The highest BCUT2D eigenvalue weighted by atomic mass is 19.4. The van der Waals surface area contributed by atoms with Crippen molar-refractivity contribution in [2.24, 2.45) is 11.5 Å². The number of hydrogen-bond acceptors (Lipinski definition) is 6. The van der Waals surface area contributed by atoms with E-state index >= 15 is 0 Å². The van der Waals surface area contributed by atoms with E-state index in [1.165, 1.54) is 29.0 Å². The Bertz CT molecular complexity index is 1240. The summed E-state index contributed by atoms with van der Waals surface area (Å²) < 4.78 is 41.6. The summed E-state index contributed by atoms with van der Waals surface area (Å²) in [6.07, 6.45) is 0.144. The first-order chi connectivity index (χ1) is 15.1. The molecule has 3 aromatic heterocycles. The molecule has 3 heterocycles. The molecule has 7 N–H and O–H groups in total. The number of carbonyl (C=O) groups is 1. The van der Waals surface area contributed by atoms with Gasteiger partial charge >= 0.3 is 18.3 Å². The maximum absolute atomic E-state index is 13.1. The van der Waals surface area contributed by atoms with E-state index in [1.807, 2.05) is 0 Å². The molecule has 0 bridgehead atoms. The number of aromatic nitrogens is 4. The lowest BCUT2D eigenvalue weighted by molar-refractivity contribution is -0.441. The van der Waals surface area contributed by atoms with Crippen LogP contribution >= 0.6 is 0 Å². The van der Waals surface area contributed by atoms with Crippen LogP contribution in [0.25, 0.3) is 16.9 Å². The highest BCUT2D eigenvalue weighted by Gasteiger charge is 2.34. The zero-order valence-electron chi connectivity index (χ0n) is 16.5. The first-order valence-electron chi connectivity index (χ1n) is 9.13. The van der Waals surface area contributed by atoms with Crippen LogP contribution in [0.2, 0.25) is 0 Å². The van der Waals surface area contributed by atoms with E-state index in [4.69, 9.17) is 22.5 Å². The summed E-state index contributed by atoms with van der Waals surface area (Å²) in [5.41, 5.74) is 15.6. The van der Waals surface area contributed by atoms with Gasteiger partial charge in [0.1, 0.15) is 5.82 Å². The van der Waals surface area contributed by atoms with Gasteiger partial charge in [0.05, 0.1) is 24.0 Å². The summed E-state index contributed by atoms with van der Waals surface area (Å²) in [7, 11) is 0. The van der Waals surface area contributed by atoms with Crippen LogP contribution in [-0.4, -0.2) is 42.6 Å². The van der Waals surface area contributed by atoms with Gasteiger partial charge in [-0.1, -0.05) is 0 Å². The van der Waals surface area contributed by atoms with E-state index in [0.29, 0.717) is 12.1 Å². The quantitative estimate of drug-likeness (QED) is 0.141. The van der Waals surface area contributed by atoms with Gasteiger partial charge in [-0.2, -0.15) is 22.8 Å². The van der Waals surface area contributed by atoms with Gasteiger partial charge in [0.15, 0.2) is 11.5 Å². The molecule has 0 unspecified atom stereocenters. The van der Waals surface area contributed by atoms with Crippen molar-refractivity contribution in [2.75, 3.05) is 17.6 Å². The van der Waals surface area contributed by atoms with Gasteiger partial charge in [-0.3, -0.25) is 4.79 Å². The van der Waals surface area contributed by atoms with Crippen LogP contribution in [-0.2, 0) is 11.0 Å². The SMILES string of the molecule is N#C[N+](CCCC(=O)Nc1cn2nc(-c3cnc(N)c(C(F)(F)F)c3)ccc2n1)=C(N)N. The molecule has 0 radical (unpaired) electrons. The van der Waals surface area contributed by atoms with Crippen LogP contribution in [0.4, 0.5) is 24.8 Å². The van der Waals surface area contributed by atoms with Gasteiger partial charge in [0, 0.05) is 18.2 Å². The lowest BCUT2D eigenvalue weighted by Crippen LogP contribution is -2.34. The average molecular weight is 447 g/mol. The highest BCUT2D eigenvalue weighted by molar-refractivity contribution is 5.90. The Labute approximate surface area is 179 Å². The number of guanidine groups is 1. The number of fused-ring (bicyclic) bond motifs is 1. The number of alkyl halides is 3. The van der Waals surface area contributed by atoms with Crippen molar-refractivity contribution in [1.29, 1.82) is 5.26 Å². The molecule has 166 valence electrons. The molecule has 0 aliphatic heterocycles.